The third-order valence-electron chi connectivity index (χ3n) is 4.30. The Balaban J connectivity index is 2.15. The van der Waals surface area contributed by atoms with E-state index < -0.39 is 4.92 Å². The standard InChI is InChI=1S/C19H22IN3O3/c1-3-22(4-2)18(14-8-6-5-7-9-14)13-21-19(24)16-11-10-15(23(25)26)12-17(16)20/h5-12,18H,3-4,13H2,1-2H3,(H,21,24). The summed E-state index contributed by atoms with van der Waals surface area (Å²) in [6, 6.07) is 14.4. The molecule has 1 atom stereocenters. The number of amides is 1. The maximum absolute atomic E-state index is 12.6. The second kappa shape index (κ2) is 9.63. The van der Waals surface area contributed by atoms with E-state index in [4.69, 9.17) is 0 Å². The zero-order chi connectivity index (χ0) is 19.1. The summed E-state index contributed by atoms with van der Waals surface area (Å²) in [5.41, 5.74) is 1.58. The predicted molar refractivity (Wildman–Crippen MR) is 110 cm³/mol. The summed E-state index contributed by atoms with van der Waals surface area (Å²) in [5, 5.41) is 13.8. The Bertz CT molecular complexity index is 764. The van der Waals surface area contributed by atoms with E-state index in [0.717, 1.165) is 18.7 Å². The number of hydrogen-bond donors (Lipinski definition) is 1. The first-order valence-corrected chi connectivity index (χ1v) is 9.56. The molecule has 0 aromatic heterocycles. The Labute approximate surface area is 166 Å². The van der Waals surface area contributed by atoms with Crippen LogP contribution < -0.4 is 5.32 Å². The van der Waals surface area contributed by atoms with Gasteiger partial charge in [-0.2, -0.15) is 0 Å². The van der Waals surface area contributed by atoms with Crippen LogP contribution in [0.3, 0.4) is 0 Å². The molecule has 0 saturated carbocycles. The average Bonchev–Trinajstić information content (AvgIpc) is 2.65. The number of halogens is 1. The van der Waals surface area contributed by atoms with Gasteiger partial charge >= 0.3 is 0 Å². The molecule has 7 heteroatoms. The number of rotatable bonds is 8. The van der Waals surface area contributed by atoms with Gasteiger partial charge in [-0.05, 0) is 47.3 Å². The molecule has 2 aromatic rings. The van der Waals surface area contributed by atoms with Crippen LogP contribution in [0.2, 0.25) is 0 Å². The van der Waals surface area contributed by atoms with Crippen LogP contribution in [0.25, 0.3) is 0 Å². The lowest BCUT2D eigenvalue weighted by Crippen LogP contribution is -2.38. The van der Waals surface area contributed by atoms with Crippen LogP contribution in [0.4, 0.5) is 5.69 Å². The number of carbonyl (C=O) groups is 1. The number of nitrogens with zero attached hydrogens (tertiary/aromatic N) is 2. The Kier molecular flexibility index (Phi) is 7.52. The monoisotopic (exact) mass is 467 g/mol. The normalized spacial score (nSPS) is 12.0. The molecule has 1 amide bonds. The molecule has 2 rings (SSSR count). The molecule has 26 heavy (non-hydrogen) atoms. The van der Waals surface area contributed by atoms with Crippen molar-refractivity contribution >= 4 is 34.2 Å². The second-order valence-corrected chi connectivity index (χ2v) is 6.94. The summed E-state index contributed by atoms with van der Waals surface area (Å²) in [7, 11) is 0. The summed E-state index contributed by atoms with van der Waals surface area (Å²) in [6.45, 7) is 6.42. The van der Waals surface area contributed by atoms with Crippen molar-refractivity contribution in [2.45, 2.75) is 19.9 Å². The van der Waals surface area contributed by atoms with Crippen LogP contribution in [-0.2, 0) is 0 Å². The van der Waals surface area contributed by atoms with Crippen LogP contribution in [0.1, 0.15) is 35.8 Å². The average molecular weight is 467 g/mol. The van der Waals surface area contributed by atoms with Crippen molar-refractivity contribution in [2.24, 2.45) is 0 Å². The number of hydrogen-bond acceptors (Lipinski definition) is 4. The number of non-ortho nitro benzene ring substituents is 1. The molecular formula is C19H22IN3O3. The molecule has 0 radical (unpaired) electrons. The first-order chi connectivity index (χ1) is 12.5. The van der Waals surface area contributed by atoms with Crippen molar-refractivity contribution in [3.63, 3.8) is 0 Å². The van der Waals surface area contributed by atoms with Gasteiger partial charge in [0.15, 0.2) is 0 Å². The number of benzene rings is 2. The topological polar surface area (TPSA) is 75.5 Å². The van der Waals surface area contributed by atoms with E-state index in [1.165, 1.54) is 18.2 Å². The molecule has 138 valence electrons. The lowest BCUT2D eigenvalue weighted by molar-refractivity contribution is -0.384. The van der Waals surface area contributed by atoms with E-state index >= 15 is 0 Å². The van der Waals surface area contributed by atoms with Gasteiger partial charge in [-0.25, -0.2) is 0 Å². The third kappa shape index (κ3) is 5.01. The van der Waals surface area contributed by atoms with Crippen LogP contribution in [-0.4, -0.2) is 35.4 Å². The van der Waals surface area contributed by atoms with Crippen LogP contribution in [0, 0.1) is 13.7 Å². The Morgan fingerprint density at radius 2 is 1.85 bits per heavy atom. The fraction of sp³-hybridized carbons (Fsp3) is 0.316. The molecule has 2 aromatic carbocycles. The number of nitro benzene ring substituents is 1. The van der Waals surface area contributed by atoms with Crippen molar-refractivity contribution < 1.29 is 9.72 Å². The summed E-state index contributed by atoms with van der Waals surface area (Å²) < 4.78 is 0.563. The largest absolute Gasteiger partial charge is 0.350 e. The minimum absolute atomic E-state index is 0.0174. The van der Waals surface area contributed by atoms with Gasteiger partial charge in [-0.15, -0.1) is 0 Å². The van der Waals surface area contributed by atoms with Crippen molar-refractivity contribution in [1.82, 2.24) is 10.2 Å². The number of carbonyl (C=O) groups excluding carboxylic acids is 1. The quantitative estimate of drug-likeness (QED) is 0.362. The zero-order valence-electron chi connectivity index (χ0n) is 14.8. The molecule has 0 spiro atoms. The maximum Gasteiger partial charge on any atom is 0.270 e. The van der Waals surface area contributed by atoms with E-state index in [-0.39, 0.29) is 17.6 Å². The highest BCUT2D eigenvalue weighted by atomic mass is 127. The van der Waals surface area contributed by atoms with Crippen molar-refractivity contribution in [1.29, 1.82) is 0 Å². The van der Waals surface area contributed by atoms with Crippen LogP contribution in [0.15, 0.2) is 48.5 Å². The second-order valence-electron chi connectivity index (χ2n) is 5.78. The van der Waals surface area contributed by atoms with Crippen molar-refractivity contribution in [3.8, 4) is 0 Å². The van der Waals surface area contributed by atoms with Crippen LogP contribution >= 0.6 is 22.6 Å². The van der Waals surface area contributed by atoms with Gasteiger partial charge in [-0.1, -0.05) is 44.2 Å². The lowest BCUT2D eigenvalue weighted by Gasteiger charge is -2.30. The van der Waals surface area contributed by atoms with Gasteiger partial charge in [0.05, 0.1) is 16.5 Å². The zero-order valence-corrected chi connectivity index (χ0v) is 17.0. The molecule has 0 aliphatic rings. The SMILES string of the molecule is CCN(CC)C(CNC(=O)c1ccc([N+](=O)[O-])cc1I)c1ccccc1. The highest BCUT2D eigenvalue weighted by Crippen LogP contribution is 2.22. The Morgan fingerprint density at radius 1 is 1.19 bits per heavy atom. The lowest BCUT2D eigenvalue weighted by atomic mass is 10.0. The molecule has 0 aliphatic carbocycles. The van der Waals surface area contributed by atoms with E-state index in [2.05, 4.69) is 36.2 Å². The van der Waals surface area contributed by atoms with E-state index in [1.54, 1.807) is 0 Å². The summed E-state index contributed by atoms with van der Waals surface area (Å²) >= 11 is 1.96. The van der Waals surface area contributed by atoms with E-state index in [0.29, 0.717) is 15.7 Å². The van der Waals surface area contributed by atoms with Gasteiger partial charge < -0.3 is 5.32 Å². The molecule has 0 bridgehead atoms. The van der Waals surface area contributed by atoms with Gasteiger partial charge in [-0.3, -0.25) is 19.8 Å². The van der Waals surface area contributed by atoms with Crippen LogP contribution in [0.5, 0.6) is 0 Å². The van der Waals surface area contributed by atoms with Crippen molar-refractivity contribution in [2.75, 3.05) is 19.6 Å². The Morgan fingerprint density at radius 3 is 2.38 bits per heavy atom. The minimum Gasteiger partial charge on any atom is -0.350 e. The fourth-order valence-electron chi connectivity index (χ4n) is 2.88. The number of nitro groups is 1. The van der Waals surface area contributed by atoms with E-state index in [9.17, 15) is 14.9 Å². The number of nitrogens with one attached hydrogen (secondary N) is 1. The summed E-state index contributed by atoms with van der Waals surface area (Å²) in [5.74, 6) is -0.225. The first kappa shape index (κ1) is 20.3. The maximum atomic E-state index is 12.6. The smallest absolute Gasteiger partial charge is 0.270 e. The predicted octanol–water partition coefficient (Wildman–Crippen LogP) is 4.01. The van der Waals surface area contributed by atoms with Crippen molar-refractivity contribution in [3.05, 3.63) is 73.3 Å². The fourth-order valence-corrected chi connectivity index (χ4v) is 3.63. The summed E-state index contributed by atoms with van der Waals surface area (Å²) in [6.07, 6.45) is 0. The van der Waals surface area contributed by atoms with Gasteiger partial charge in [0.2, 0.25) is 0 Å². The van der Waals surface area contributed by atoms with Gasteiger partial charge in [0.25, 0.3) is 11.6 Å². The molecule has 1 N–H and O–H groups in total. The molecule has 0 aliphatic heterocycles. The van der Waals surface area contributed by atoms with E-state index in [1.807, 2.05) is 40.8 Å². The summed E-state index contributed by atoms with van der Waals surface area (Å²) in [4.78, 5) is 25.2. The van der Waals surface area contributed by atoms with Gasteiger partial charge in [0, 0.05) is 22.2 Å². The molecule has 0 fully saturated rings. The third-order valence-corrected chi connectivity index (χ3v) is 5.19. The molecule has 0 heterocycles. The Hall–Kier alpha value is -2.00. The molecular weight excluding hydrogens is 445 g/mol. The molecule has 0 saturated heterocycles. The minimum atomic E-state index is -0.463. The first-order valence-electron chi connectivity index (χ1n) is 8.49. The highest BCUT2D eigenvalue weighted by molar-refractivity contribution is 14.1. The van der Waals surface area contributed by atoms with Gasteiger partial charge in [0.1, 0.15) is 0 Å². The number of likely N-dealkylation sites (N-methyl/N-ethyl adjacent to an activating group) is 1. The highest BCUT2D eigenvalue weighted by Gasteiger charge is 2.20. The molecule has 6 nitrogen and oxygen atoms in total. The molecule has 1 unspecified atom stereocenters.